The molecule has 0 radical (unpaired) electrons. The Morgan fingerprint density at radius 2 is 1.83 bits per heavy atom. The monoisotopic (exact) mass is 252 g/mol. The molecule has 1 saturated heterocycles. The third kappa shape index (κ3) is 3.48. The van der Waals surface area contributed by atoms with Gasteiger partial charge in [-0.1, -0.05) is 26.2 Å². The Balaban J connectivity index is 1.82. The number of rotatable bonds is 5. The quantitative estimate of drug-likeness (QED) is 0.808. The van der Waals surface area contributed by atoms with Gasteiger partial charge in [0.15, 0.2) is 0 Å². The SMILES string of the molecule is CCCNC(C)C(C)N1CCC2CCCCC2C1. The van der Waals surface area contributed by atoms with Crippen LogP contribution >= 0.6 is 0 Å². The lowest BCUT2D eigenvalue weighted by atomic mass is 9.75. The van der Waals surface area contributed by atoms with Gasteiger partial charge >= 0.3 is 0 Å². The summed E-state index contributed by atoms with van der Waals surface area (Å²) in [5, 5.41) is 3.66. The van der Waals surface area contributed by atoms with Crippen LogP contribution in [0.2, 0.25) is 0 Å². The molecule has 2 aliphatic rings. The van der Waals surface area contributed by atoms with E-state index in [2.05, 4.69) is 31.0 Å². The second kappa shape index (κ2) is 6.91. The molecule has 0 bridgehead atoms. The molecule has 18 heavy (non-hydrogen) atoms. The van der Waals surface area contributed by atoms with Crippen molar-refractivity contribution in [3.8, 4) is 0 Å². The fraction of sp³-hybridized carbons (Fsp3) is 1.00. The van der Waals surface area contributed by atoms with Crippen molar-refractivity contribution in [1.82, 2.24) is 10.2 Å². The van der Waals surface area contributed by atoms with Crippen LogP contribution in [-0.2, 0) is 0 Å². The standard InChI is InChI=1S/C16H32N2/c1-4-10-17-13(2)14(3)18-11-9-15-7-5-6-8-16(15)12-18/h13-17H,4-12H2,1-3H3. The fourth-order valence-electron chi connectivity index (χ4n) is 3.86. The van der Waals surface area contributed by atoms with Crippen molar-refractivity contribution in [2.45, 2.75) is 71.4 Å². The number of hydrogen-bond donors (Lipinski definition) is 1. The van der Waals surface area contributed by atoms with Gasteiger partial charge in [-0.3, -0.25) is 4.90 Å². The van der Waals surface area contributed by atoms with Gasteiger partial charge in [0.1, 0.15) is 0 Å². The summed E-state index contributed by atoms with van der Waals surface area (Å²) in [5.41, 5.74) is 0. The first kappa shape index (κ1) is 14.3. The van der Waals surface area contributed by atoms with Crippen LogP contribution in [0, 0.1) is 11.8 Å². The van der Waals surface area contributed by atoms with Crippen molar-refractivity contribution in [3.05, 3.63) is 0 Å². The van der Waals surface area contributed by atoms with E-state index in [1.54, 1.807) is 0 Å². The fourth-order valence-corrected chi connectivity index (χ4v) is 3.86. The van der Waals surface area contributed by atoms with E-state index in [4.69, 9.17) is 0 Å². The second-order valence-electron chi connectivity index (χ2n) is 6.57. The second-order valence-corrected chi connectivity index (χ2v) is 6.57. The first-order chi connectivity index (χ1) is 8.72. The predicted molar refractivity (Wildman–Crippen MR) is 78.9 cm³/mol. The number of nitrogens with one attached hydrogen (secondary N) is 1. The van der Waals surface area contributed by atoms with Crippen molar-refractivity contribution < 1.29 is 0 Å². The molecule has 0 aromatic heterocycles. The zero-order chi connectivity index (χ0) is 13.0. The van der Waals surface area contributed by atoms with Crippen LogP contribution in [0.1, 0.15) is 59.3 Å². The van der Waals surface area contributed by atoms with E-state index >= 15 is 0 Å². The molecule has 2 nitrogen and oxygen atoms in total. The van der Waals surface area contributed by atoms with Gasteiger partial charge in [-0.15, -0.1) is 0 Å². The molecule has 2 fully saturated rings. The average molecular weight is 252 g/mol. The molecule has 106 valence electrons. The van der Waals surface area contributed by atoms with Gasteiger partial charge < -0.3 is 5.32 Å². The van der Waals surface area contributed by atoms with Crippen LogP contribution in [0.4, 0.5) is 0 Å². The van der Waals surface area contributed by atoms with E-state index in [1.165, 1.54) is 51.6 Å². The Morgan fingerprint density at radius 1 is 1.11 bits per heavy atom. The molecule has 2 rings (SSSR count). The first-order valence-electron chi connectivity index (χ1n) is 8.19. The number of piperidine rings is 1. The zero-order valence-electron chi connectivity index (χ0n) is 12.6. The lowest BCUT2D eigenvalue weighted by Gasteiger charge is -2.45. The smallest absolute Gasteiger partial charge is 0.0218 e. The highest BCUT2D eigenvalue weighted by Gasteiger charge is 2.33. The van der Waals surface area contributed by atoms with E-state index in [-0.39, 0.29) is 0 Å². The molecule has 0 spiro atoms. The Labute approximate surface area is 114 Å². The molecule has 1 heterocycles. The number of likely N-dealkylation sites (tertiary alicyclic amines) is 1. The van der Waals surface area contributed by atoms with Crippen LogP contribution in [0.5, 0.6) is 0 Å². The molecule has 0 amide bonds. The summed E-state index contributed by atoms with van der Waals surface area (Å²) in [6, 6.07) is 1.32. The summed E-state index contributed by atoms with van der Waals surface area (Å²) in [5.74, 6) is 2.06. The lowest BCUT2D eigenvalue weighted by molar-refractivity contribution is 0.0516. The molecule has 4 unspecified atom stereocenters. The number of nitrogens with zero attached hydrogens (tertiary/aromatic N) is 1. The Bertz CT molecular complexity index is 241. The van der Waals surface area contributed by atoms with Crippen molar-refractivity contribution in [2.75, 3.05) is 19.6 Å². The minimum absolute atomic E-state index is 0.630. The minimum Gasteiger partial charge on any atom is -0.313 e. The van der Waals surface area contributed by atoms with Crippen LogP contribution in [0.15, 0.2) is 0 Å². The average Bonchev–Trinajstić information content (AvgIpc) is 2.43. The molecule has 1 saturated carbocycles. The molecule has 0 aromatic rings. The summed E-state index contributed by atoms with van der Waals surface area (Å²) in [7, 11) is 0. The summed E-state index contributed by atoms with van der Waals surface area (Å²) >= 11 is 0. The highest BCUT2D eigenvalue weighted by Crippen LogP contribution is 2.36. The molecule has 1 aliphatic carbocycles. The zero-order valence-corrected chi connectivity index (χ0v) is 12.6. The van der Waals surface area contributed by atoms with Crippen molar-refractivity contribution in [1.29, 1.82) is 0 Å². The maximum absolute atomic E-state index is 3.66. The summed E-state index contributed by atoms with van der Waals surface area (Å²) in [6.07, 6.45) is 8.66. The third-order valence-electron chi connectivity index (χ3n) is 5.34. The first-order valence-corrected chi connectivity index (χ1v) is 8.19. The number of fused-ring (bicyclic) bond motifs is 1. The van der Waals surface area contributed by atoms with E-state index in [9.17, 15) is 0 Å². The van der Waals surface area contributed by atoms with Gasteiger partial charge in [0.25, 0.3) is 0 Å². The molecular formula is C16H32N2. The van der Waals surface area contributed by atoms with Gasteiger partial charge in [-0.2, -0.15) is 0 Å². The van der Waals surface area contributed by atoms with Gasteiger partial charge in [0.05, 0.1) is 0 Å². The minimum atomic E-state index is 0.630. The van der Waals surface area contributed by atoms with Gasteiger partial charge in [-0.25, -0.2) is 0 Å². The highest BCUT2D eigenvalue weighted by molar-refractivity contribution is 4.88. The number of hydrogen-bond acceptors (Lipinski definition) is 2. The maximum atomic E-state index is 3.66. The Hall–Kier alpha value is -0.0800. The van der Waals surface area contributed by atoms with Crippen molar-refractivity contribution in [3.63, 3.8) is 0 Å². The lowest BCUT2D eigenvalue weighted by Crippen LogP contribution is -2.52. The highest BCUT2D eigenvalue weighted by atomic mass is 15.2. The van der Waals surface area contributed by atoms with E-state index in [0.717, 1.165) is 18.4 Å². The molecule has 1 N–H and O–H groups in total. The van der Waals surface area contributed by atoms with Gasteiger partial charge in [-0.05, 0) is 58.0 Å². The van der Waals surface area contributed by atoms with Crippen molar-refractivity contribution >= 4 is 0 Å². The molecule has 0 aromatic carbocycles. The van der Waals surface area contributed by atoms with Crippen LogP contribution in [0.3, 0.4) is 0 Å². The third-order valence-corrected chi connectivity index (χ3v) is 5.34. The van der Waals surface area contributed by atoms with Gasteiger partial charge in [0, 0.05) is 18.6 Å². The van der Waals surface area contributed by atoms with Crippen LogP contribution < -0.4 is 5.32 Å². The molecule has 2 heteroatoms. The molecular weight excluding hydrogens is 220 g/mol. The van der Waals surface area contributed by atoms with Crippen LogP contribution in [0.25, 0.3) is 0 Å². The molecule has 1 aliphatic heterocycles. The normalized spacial score (nSPS) is 32.8. The summed E-state index contributed by atoms with van der Waals surface area (Å²) in [4.78, 5) is 2.75. The maximum Gasteiger partial charge on any atom is 0.0218 e. The summed E-state index contributed by atoms with van der Waals surface area (Å²) < 4.78 is 0. The van der Waals surface area contributed by atoms with Crippen molar-refractivity contribution in [2.24, 2.45) is 11.8 Å². The molecule has 4 atom stereocenters. The largest absolute Gasteiger partial charge is 0.313 e. The Kier molecular flexibility index (Phi) is 5.50. The van der Waals surface area contributed by atoms with Crippen LogP contribution in [-0.4, -0.2) is 36.6 Å². The summed E-state index contributed by atoms with van der Waals surface area (Å²) in [6.45, 7) is 10.9. The van der Waals surface area contributed by atoms with Gasteiger partial charge in [0.2, 0.25) is 0 Å². The Morgan fingerprint density at radius 3 is 2.56 bits per heavy atom. The predicted octanol–water partition coefficient (Wildman–Crippen LogP) is 3.28. The topological polar surface area (TPSA) is 15.3 Å². The van der Waals surface area contributed by atoms with E-state index in [0.29, 0.717) is 12.1 Å². The van der Waals surface area contributed by atoms with E-state index < -0.39 is 0 Å². The van der Waals surface area contributed by atoms with E-state index in [1.807, 2.05) is 0 Å².